The van der Waals surface area contributed by atoms with E-state index in [4.69, 9.17) is 9.72 Å². The van der Waals surface area contributed by atoms with Gasteiger partial charge in [0.05, 0.1) is 5.52 Å². The largest absolute Gasteiger partial charge is 0.473 e. The number of ether oxygens (including phenoxy) is 1. The van der Waals surface area contributed by atoms with Crippen LogP contribution in [0.5, 0.6) is 5.88 Å². The summed E-state index contributed by atoms with van der Waals surface area (Å²) in [7, 11) is 0. The summed E-state index contributed by atoms with van der Waals surface area (Å²) in [5.41, 5.74) is 3.29. The van der Waals surface area contributed by atoms with E-state index in [0.717, 1.165) is 48.1 Å². The molecule has 3 heterocycles. The molecule has 0 bridgehead atoms. The van der Waals surface area contributed by atoms with Gasteiger partial charge in [-0.1, -0.05) is 18.2 Å². The van der Waals surface area contributed by atoms with E-state index in [1.807, 2.05) is 30.5 Å². The van der Waals surface area contributed by atoms with Gasteiger partial charge >= 0.3 is 0 Å². The summed E-state index contributed by atoms with van der Waals surface area (Å²) in [6, 6.07) is 16.3. The molecule has 1 aliphatic heterocycles. The van der Waals surface area contributed by atoms with Gasteiger partial charge in [-0.2, -0.15) is 0 Å². The molecule has 1 N–H and O–H groups in total. The number of nitrogens with zero attached hydrogens (tertiary/aromatic N) is 2. The smallest absolute Gasteiger partial charge is 0.213 e. The summed E-state index contributed by atoms with van der Waals surface area (Å²) in [4.78, 5) is 9.06. The standard InChI is InChI=1S/C20H21N3O/c1-4-19(16-8-11-21-12-9-16)23-20(5-1)24-14-15-6-7-18-17(13-15)3-2-10-22-18/h1-7,10,13,16,21H,8-9,11-12,14H2. The number of hydrogen-bond donors (Lipinski definition) is 1. The number of nitrogens with one attached hydrogen (secondary N) is 1. The van der Waals surface area contributed by atoms with Crippen molar-refractivity contribution >= 4 is 10.9 Å². The molecule has 0 unspecified atom stereocenters. The van der Waals surface area contributed by atoms with Crippen LogP contribution in [0, 0.1) is 0 Å². The molecule has 122 valence electrons. The molecule has 0 aliphatic carbocycles. The Labute approximate surface area is 141 Å². The Morgan fingerprint density at radius 2 is 1.96 bits per heavy atom. The third kappa shape index (κ3) is 3.39. The minimum absolute atomic E-state index is 0.521. The Hall–Kier alpha value is -2.46. The number of pyridine rings is 2. The van der Waals surface area contributed by atoms with Crippen molar-refractivity contribution < 1.29 is 4.74 Å². The van der Waals surface area contributed by atoms with E-state index in [1.165, 1.54) is 0 Å². The van der Waals surface area contributed by atoms with Gasteiger partial charge in [0.2, 0.25) is 5.88 Å². The van der Waals surface area contributed by atoms with Gasteiger partial charge in [0.25, 0.3) is 0 Å². The molecule has 0 radical (unpaired) electrons. The lowest BCUT2D eigenvalue weighted by molar-refractivity contribution is 0.291. The fraction of sp³-hybridized carbons (Fsp3) is 0.300. The molecule has 0 atom stereocenters. The molecule has 4 rings (SSSR count). The number of benzene rings is 1. The predicted octanol–water partition coefficient (Wildman–Crippen LogP) is 3.68. The summed E-state index contributed by atoms with van der Waals surface area (Å²) in [5.74, 6) is 1.25. The first kappa shape index (κ1) is 15.1. The molecule has 1 saturated heterocycles. The molecule has 3 aromatic rings. The van der Waals surface area contributed by atoms with Crippen LogP contribution in [-0.2, 0) is 6.61 Å². The first-order valence-electron chi connectivity index (χ1n) is 8.53. The van der Waals surface area contributed by atoms with Gasteiger partial charge in [0.1, 0.15) is 6.61 Å². The Bertz CT molecular complexity index is 828. The lowest BCUT2D eigenvalue weighted by atomic mass is 9.94. The average Bonchev–Trinajstić information content (AvgIpc) is 2.67. The van der Waals surface area contributed by atoms with E-state index in [2.05, 4.69) is 34.6 Å². The number of piperidine rings is 1. The predicted molar refractivity (Wildman–Crippen MR) is 95.2 cm³/mol. The second kappa shape index (κ2) is 6.97. The summed E-state index contributed by atoms with van der Waals surface area (Å²) >= 11 is 0. The van der Waals surface area contributed by atoms with E-state index < -0.39 is 0 Å². The van der Waals surface area contributed by atoms with Crippen molar-refractivity contribution in [2.45, 2.75) is 25.4 Å². The van der Waals surface area contributed by atoms with Crippen molar-refractivity contribution in [3.63, 3.8) is 0 Å². The Kier molecular flexibility index (Phi) is 4.38. The first-order valence-corrected chi connectivity index (χ1v) is 8.53. The van der Waals surface area contributed by atoms with Crippen LogP contribution < -0.4 is 10.1 Å². The van der Waals surface area contributed by atoms with Crippen molar-refractivity contribution in [3.05, 3.63) is 66.0 Å². The monoisotopic (exact) mass is 319 g/mol. The Morgan fingerprint density at radius 1 is 1.04 bits per heavy atom. The molecule has 4 nitrogen and oxygen atoms in total. The molecular formula is C20H21N3O. The SMILES string of the molecule is c1cc(OCc2ccc3ncccc3c2)nc(C2CCNCC2)c1. The lowest BCUT2D eigenvalue weighted by Gasteiger charge is -2.22. The zero-order valence-corrected chi connectivity index (χ0v) is 13.6. The van der Waals surface area contributed by atoms with Crippen LogP contribution in [0.1, 0.15) is 30.0 Å². The number of fused-ring (bicyclic) bond motifs is 1. The van der Waals surface area contributed by atoms with Gasteiger partial charge in [-0.15, -0.1) is 0 Å². The van der Waals surface area contributed by atoms with Crippen molar-refractivity contribution in [1.82, 2.24) is 15.3 Å². The van der Waals surface area contributed by atoms with E-state index in [9.17, 15) is 0 Å². The van der Waals surface area contributed by atoms with Crippen molar-refractivity contribution in [3.8, 4) is 5.88 Å². The van der Waals surface area contributed by atoms with E-state index in [-0.39, 0.29) is 0 Å². The van der Waals surface area contributed by atoms with Crippen LogP contribution in [0.4, 0.5) is 0 Å². The van der Waals surface area contributed by atoms with E-state index >= 15 is 0 Å². The summed E-state index contributed by atoms with van der Waals surface area (Å²) in [6.45, 7) is 2.67. The van der Waals surface area contributed by atoms with Crippen LogP contribution in [0.25, 0.3) is 10.9 Å². The van der Waals surface area contributed by atoms with Crippen LogP contribution >= 0.6 is 0 Å². The second-order valence-corrected chi connectivity index (χ2v) is 6.24. The summed E-state index contributed by atoms with van der Waals surface area (Å²) in [5, 5.41) is 4.53. The number of hydrogen-bond acceptors (Lipinski definition) is 4. The van der Waals surface area contributed by atoms with Gasteiger partial charge in [0.15, 0.2) is 0 Å². The van der Waals surface area contributed by atoms with Crippen molar-refractivity contribution in [2.75, 3.05) is 13.1 Å². The maximum Gasteiger partial charge on any atom is 0.213 e. The lowest BCUT2D eigenvalue weighted by Crippen LogP contribution is -2.27. The fourth-order valence-corrected chi connectivity index (χ4v) is 3.23. The molecule has 0 amide bonds. The van der Waals surface area contributed by atoms with E-state index in [0.29, 0.717) is 18.4 Å². The van der Waals surface area contributed by atoms with Gasteiger partial charge < -0.3 is 10.1 Å². The zero-order chi connectivity index (χ0) is 16.2. The minimum atomic E-state index is 0.521. The quantitative estimate of drug-likeness (QED) is 0.797. The molecule has 4 heteroatoms. The maximum absolute atomic E-state index is 5.93. The van der Waals surface area contributed by atoms with E-state index in [1.54, 1.807) is 0 Å². The Morgan fingerprint density at radius 3 is 2.88 bits per heavy atom. The molecule has 0 spiro atoms. The molecule has 0 saturated carbocycles. The Balaban J connectivity index is 1.46. The van der Waals surface area contributed by atoms with Gasteiger partial charge in [-0.3, -0.25) is 4.98 Å². The first-order chi connectivity index (χ1) is 11.9. The fourth-order valence-electron chi connectivity index (χ4n) is 3.23. The molecule has 1 aliphatic rings. The molecule has 1 aromatic carbocycles. The summed E-state index contributed by atoms with van der Waals surface area (Å²) in [6.07, 6.45) is 4.11. The van der Waals surface area contributed by atoms with Crippen molar-refractivity contribution in [2.24, 2.45) is 0 Å². The van der Waals surface area contributed by atoms with Crippen molar-refractivity contribution in [1.29, 1.82) is 0 Å². The molecule has 24 heavy (non-hydrogen) atoms. The zero-order valence-electron chi connectivity index (χ0n) is 13.6. The van der Waals surface area contributed by atoms with Crippen LogP contribution in [0.3, 0.4) is 0 Å². The third-order valence-electron chi connectivity index (χ3n) is 4.56. The highest BCUT2D eigenvalue weighted by molar-refractivity contribution is 5.78. The number of aromatic nitrogens is 2. The normalized spacial score (nSPS) is 15.5. The maximum atomic E-state index is 5.93. The number of rotatable bonds is 4. The van der Waals surface area contributed by atoms with Crippen LogP contribution in [-0.4, -0.2) is 23.1 Å². The molecule has 1 fully saturated rings. The minimum Gasteiger partial charge on any atom is -0.473 e. The van der Waals surface area contributed by atoms with Crippen LogP contribution in [0.15, 0.2) is 54.7 Å². The average molecular weight is 319 g/mol. The highest BCUT2D eigenvalue weighted by atomic mass is 16.5. The topological polar surface area (TPSA) is 47.0 Å². The van der Waals surface area contributed by atoms with Crippen LogP contribution in [0.2, 0.25) is 0 Å². The third-order valence-corrected chi connectivity index (χ3v) is 4.56. The molecular weight excluding hydrogens is 298 g/mol. The second-order valence-electron chi connectivity index (χ2n) is 6.24. The van der Waals surface area contributed by atoms with Gasteiger partial charge in [-0.05, 0) is 55.8 Å². The van der Waals surface area contributed by atoms with Gasteiger partial charge in [0, 0.05) is 29.3 Å². The van der Waals surface area contributed by atoms with Gasteiger partial charge in [-0.25, -0.2) is 4.98 Å². The molecule has 2 aromatic heterocycles. The summed E-state index contributed by atoms with van der Waals surface area (Å²) < 4.78 is 5.93. The highest BCUT2D eigenvalue weighted by Gasteiger charge is 2.16. The highest BCUT2D eigenvalue weighted by Crippen LogP contribution is 2.25.